The lowest BCUT2D eigenvalue weighted by molar-refractivity contribution is 0.444. The fraction of sp³-hybridized carbons (Fsp3) is 0.412. The van der Waals surface area contributed by atoms with Crippen molar-refractivity contribution >= 4 is 11.3 Å². The van der Waals surface area contributed by atoms with Gasteiger partial charge in [-0.05, 0) is 42.4 Å². The molecule has 2 aromatic rings. The lowest BCUT2D eigenvalue weighted by Crippen LogP contribution is -2.22. The first kappa shape index (κ1) is 12.9. The average Bonchev–Trinajstić information content (AvgIpc) is 3.09. The topological polar surface area (TPSA) is 12.0 Å². The smallest absolute Gasteiger partial charge is 0.0346 e. The third-order valence-corrected chi connectivity index (χ3v) is 5.36. The molecule has 0 bridgehead atoms. The van der Waals surface area contributed by atoms with Crippen molar-refractivity contribution in [3.8, 4) is 10.4 Å². The molecule has 0 aliphatic heterocycles. The van der Waals surface area contributed by atoms with Crippen LogP contribution in [0.5, 0.6) is 0 Å². The molecular weight excluding hydrogens is 250 g/mol. The Hall–Kier alpha value is -1.12. The van der Waals surface area contributed by atoms with E-state index in [1.165, 1.54) is 41.1 Å². The van der Waals surface area contributed by atoms with Gasteiger partial charge in [0, 0.05) is 22.8 Å². The molecule has 1 saturated carbocycles. The predicted molar refractivity (Wildman–Crippen MR) is 83.4 cm³/mol. The summed E-state index contributed by atoms with van der Waals surface area (Å²) >= 11 is 1.90. The van der Waals surface area contributed by atoms with Gasteiger partial charge in [-0.15, -0.1) is 11.3 Å². The van der Waals surface area contributed by atoms with Gasteiger partial charge < -0.3 is 5.32 Å². The molecule has 1 aromatic carbocycles. The van der Waals surface area contributed by atoms with Gasteiger partial charge in [0.2, 0.25) is 0 Å². The zero-order valence-electron chi connectivity index (χ0n) is 11.5. The van der Waals surface area contributed by atoms with E-state index in [1.807, 2.05) is 11.3 Å². The predicted octanol–water partition coefficient (Wildman–Crippen LogP) is 4.69. The van der Waals surface area contributed by atoms with Crippen LogP contribution in [0.25, 0.3) is 10.4 Å². The van der Waals surface area contributed by atoms with Gasteiger partial charge in [0.05, 0.1) is 0 Å². The molecule has 1 aromatic heterocycles. The van der Waals surface area contributed by atoms with Gasteiger partial charge in [-0.3, -0.25) is 0 Å². The molecule has 0 radical (unpaired) electrons. The van der Waals surface area contributed by atoms with Crippen molar-refractivity contribution in [2.24, 2.45) is 5.41 Å². The zero-order valence-corrected chi connectivity index (χ0v) is 12.3. The van der Waals surface area contributed by atoms with Crippen LogP contribution in [0.4, 0.5) is 0 Å². The molecule has 100 valence electrons. The van der Waals surface area contributed by atoms with Crippen molar-refractivity contribution in [1.82, 2.24) is 5.32 Å². The minimum absolute atomic E-state index is 0.638. The minimum Gasteiger partial charge on any atom is -0.311 e. The Morgan fingerprint density at radius 2 is 1.89 bits per heavy atom. The summed E-state index contributed by atoms with van der Waals surface area (Å²) in [7, 11) is 0. The van der Waals surface area contributed by atoms with E-state index in [1.54, 1.807) is 0 Å². The quantitative estimate of drug-likeness (QED) is 0.803. The Bertz CT molecular complexity index is 525. The highest BCUT2D eigenvalue weighted by molar-refractivity contribution is 7.15. The molecule has 0 saturated heterocycles. The summed E-state index contributed by atoms with van der Waals surface area (Å²) in [6.07, 6.45) is 4.14. The van der Waals surface area contributed by atoms with Crippen LogP contribution in [0, 0.1) is 5.41 Å². The maximum absolute atomic E-state index is 3.63. The summed E-state index contributed by atoms with van der Waals surface area (Å²) in [4.78, 5) is 2.81. The van der Waals surface area contributed by atoms with E-state index >= 15 is 0 Å². The number of thiophene rings is 1. The Kier molecular flexibility index (Phi) is 3.72. The molecule has 1 nitrogen and oxygen atoms in total. The first-order chi connectivity index (χ1) is 9.31. The number of benzene rings is 1. The van der Waals surface area contributed by atoms with Crippen molar-refractivity contribution in [1.29, 1.82) is 0 Å². The van der Waals surface area contributed by atoms with Crippen molar-refractivity contribution in [2.45, 2.75) is 32.7 Å². The molecule has 1 N–H and O–H groups in total. The first-order valence-corrected chi connectivity index (χ1v) is 7.98. The molecule has 0 atom stereocenters. The summed E-state index contributed by atoms with van der Waals surface area (Å²) in [6, 6.07) is 15.1. The summed E-state index contributed by atoms with van der Waals surface area (Å²) in [6.45, 7) is 4.51. The van der Waals surface area contributed by atoms with Crippen LogP contribution >= 0.6 is 11.3 Å². The van der Waals surface area contributed by atoms with Crippen molar-refractivity contribution < 1.29 is 0 Å². The second-order valence-corrected chi connectivity index (χ2v) is 6.76. The summed E-state index contributed by atoms with van der Waals surface area (Å²) in [5, 5.41) is 3.63. The largest absolute Gasteiger partial charge is 0.311 e. The molecule has 1 aliphatic carbocycles. The van der Waals surface area contributed by atoms with E-state index < -0.39 is 0 Å². The van der Waals surface area contributed by atoms with Crippen LogP contribution in [-0.2, 0) is 6.54 Å². The van der Waals surface area contributed by atoms with E-state index in [0.717, 1.165) is 6.54 Å². The molecule has 1 aliphatic rings. The van der Waals surface area contributed by atoms with Crippen LogP contribution in [-0.4, -0.2) is 6.54 Å². The monoisotopic (exact) mass is 271 g/mol. The van der Waals surface area contributed by atoms with Crippen molar-refractivity contribution in [3.05, 3.63) is 47.3 Å². The first-order valence-electron chi connectivity index (χ1n) is 7.16. The lowest BCUT2D eigenvalue weighted by atomic mass is 10.0. The fourth-order valence-corrected chi connectivity index (χ4v) is 3.50. The standard InChI is InChI=1S/C17H21NS/c1-2-17(10-11-17)13-18-12-15-8-9-16(19-15)14-6-4-3-5-7-14/h3-9,18H,2,10-13H2,1H3. The highest BCUT2D eigenvalue weighted by Gasteiger charge is 2.39. The zero-order chi connectivity index (χ0) is 13.1. The number of rotatable bonds is 6. The van der Waals surface area contributed by atoms with Gasteiger partial charge in [0.15, 0.2) is 0 Å². The average molecular weight is 271 g/mol. The number of nitrogens with one attached hydrogen (secondary N) is 1. The maximum atomic E-state index is 3.63. The molecule has 19 heavy (non-hydrogen) atoms. The van der Waals surface area contributed by atoms with E-state index in [0.29, 0.717) is 5.41 Å². The Morgan fingerprint density at radius 3 is 2.58 bits per heavy atom. The summed E-state index contributed by atoms with van der Waals surface area (Å²) in [5.41, 5.74) is 1.96. The highest BCUT2D eigenvalue weighted by Crippen LogP contribution is 2.47. The van der Waals surface area contributed by atoms with E-state index in [9.17, 15) is 0 Å². The Labute approximate surface area is 119 Å². The third-order valence-electron chi connectivity index (χ3n) is 4.23. The Morgan fingerprint density at radius 1 is 1.11 bits per heavy atom. The lowest BCUT2D eigenvalue weighted by Gasteiger charge is -2.12. The van der Waals surface area contributed by atoms with E-state index in [2.05, 4.69) is 54.7 Å². The van der Waals surface area contributed by atoms with Crippen molar-refractivity contribution in [2.75, 3.05) is 6.54 Å². The van der Waals surface area contributed by atoms with Gasteiger partial charge in [-0.1, -0.05) is 37.3 Å². The number of hydrogen-bond donors (Lipinski definition) is 1. The molecule has 0 spiro atoms. The summed E-state index contributed by atoms with van der Waals surface area (Å²) < 4.78 is 0. The highest BCUT2D eigenvalue weighted by atomic mass is 32.1. The van der Waals surface area contributed by atoms with Crippen LogP contribution in [0.3, 0.4) is 0 Å². The van der Waals surface area contributed by atoms with Crippen LogP contribution in [0.2, 0.25) is 0 Å². The van der Waals surface area contributed by atoms with Crippen LogP contribution in [0.1, 0.15) is 31.1 Å². The van der Waals surface area contributed by atoms with Gasteiger partial charge in [0.1, 0.15) is 0 Å². The second-order valence-electron chi connectivity index (χ2n) is 5.59. The van der Waals surface area contributed by atoms with Gasteiger partial charge in [-0.2, -0.15) is 0 Å². The second kappa shape index (κ2) is 5.48. The van der Waals surface area contributed by atoms with Crippen LogP contribution < -0.4 is 5.32 Å². The molecular formula is C17H21NS. The SMILES string of the molecule is CCC1(CNCc2ccc(-c3ccccc3)s2)CC1. The Balaban J connectivity index is 1.57. The van der Waals surface area contributed by atoms with Gasteiger partial charge in [0.25, 0.3) is 0 Å². The fourth-order valence-electron chi connectivity index (χ4n) is 2.51. The van der Waals surface area contributed by atoms with E-state index in [-0.39, 0.29) is 0 Å². The molecule has 2 heteroatoms. The minimum atomic E-state index is 0.638. The van der Waals surface area contributed by atoms with Gasteiger partial charge >= 0.3 is 0 Å². The number of hydrogen-bond acceptors (Lipinski definition) is 2. The normalized spacial score (nSPS) is 16.5. The van der Waals surface area contributed by atoms with Crippen molar-refractivity contribution in [3.63, 3.8) is 0 Å². The summed E-state index contributed by atoms with van der Waals surface area (Å²) in [5.74, 6) is 0. The van der Waals surface area contributed by atoms with Gasteiger partial charge in [-0.25, -0.2) is 0 Å². The molecule has 1 fully saturated rings. The molecule has 0 amide bonds. The maximum Gasteiger partial charge on any atom is 0.0346 e. The molecule has 0 unspecified atom stereocenters. The third kappa shape index (κ3) is 3.07. The van der Waals surface area contributed by atoms with Crippen LogP contribution in [0.15, 0.2) is 42.5 Å². The molecule has 1 heterocycles. The molecule has 3 rings (SSSR count). The van der Waals surface area contributed by atoms with E-state index in [4.69, 9.17) is 0 Å².